The molecule has 4 nitrogen and oxygen atoms in total. The van der Waals surface area contributed by atoms with E-state index in [4.69, 9.17) is 5.84 Å². The molecule has 0 aliphatic rings. The summed E-state index contributed by atoms with van der Waals surface area (Å²) in [7, 11) is 0. The van der Waals surface area contributed by atoms with Crippen LogP contribution in [0, 0.1) is 13.8 Å². The number of anilines is 1. The number of aryl methyl sites for hydroxylation is 3. The van der Waals surface area contributed by atoms with Gasteiger partial charge in [-0.15, -0.1) is 0 Å². The zero-order valence-corrected chi connectivity index (χ0v) is 10.8. The van der Waals surface area contributed by atoms with E-state index < -0.39 is 0 Å². The lowest BCUT2D eigenvalue weighted by atomic mass is 10.1. The normalized spacial score (nSPS) is 10.4. The van der Waals surface area contributed by atoms with E-state index in [1.165, 1.54) is 5.56 Å². The number of nitrogens with two attached hydrogens (primary N) is 1. The van der Waals surface area contributed by atoms with Crippen LogP contribution in [0.15, 0.2) is 30.3 Å². The van der Waals surface area contributed by atoms with Crippen LogP contribution in [-0.2, 0) is 12.8 Å². The molecule has 0 spiro atoms. The fraction of sp³-hybridized carbons (Fsp3) is 0.286. The lowest BCUT2D eigenvalue weighted by molar-refractivity contribution is 0.840. The summed E-state index contributed by atoms with van der Waals surface area (Å²) in [6, 6.07) is 10.3. The average molecular weight is 242 g/mol. The Balaban J connectivity index is 2.13. The van der Waals surface area contributed by atoms with E-state index in [9.17, 15) is 0 Å². The van der Waals surface area contributed by atoms with Crippen LogP contribution in [0.3, 0.4) is 0 Å². The highest BCUT2D eigenvalue weighted by Gasteiger charge is 2.06. The zero-order valence-electron chi connectivity index (χ0n) is 10.8. The molecule has 0 aliphatic heterocycles. The zero-order chi connectivity index (χ0) is 13.0. The molecule has 1 aromatic heterocycles. The summed E-state index contributed by atoms with van der Waals surface area (Å²) < 4.78 is 0. The van der Waals surface area contributed by atoms with Gasteiger partial charge in [-0.2, -0.15) is 0 Å². The van der Waals surface area contributed by atoms with Gasteiger partial charge < -0.3 is 5.43 Å². The molecule has 0 radical (unpaired) electrons. The molecular formula is C14H18N4. The van der Waals surface area contributed by atoms with Crippen molar-refractivity contribution in [3.8, 4) is 0 Å². The summed E-state index contributed by atoms with van der Waals surface area (Å²) in [5.74, 6) is 7.00. The van der Waals surface area contributed by atoms with Crippen molar-refractivity contribution in [1.82, 2.24) is 9.97 Å². The second kappa shape index (κ2) is 5.60. The van der Waals surface area contributed by atoms with Crippen molar-refractivity contribution in [3.63, 3.8) is 0 Å². The van der Waals surface area contributed by atoms with Gasteiger partial charge in [-0.1, -0.05) is 30.3 Å². The SMILES string of the molecule is Cc1nc(CCc2ccccc2)nc(NN)c1C. The Bertz CT molecular complexity index is 523. The van der Waals surface area contributed by atoms with Crippen molar-refractivity contribution in [3.05, 3.63) is 53.0 Å². The van der Waals surface area contributed by atoms with Gasteiger partial charge in [0.05, 0.1) is 0 Å². The summed E-state index contributed by atoms with van der Waals surface area (Å²) in [6.45, 7) is 3.94. The second-order valence-corrected chi connectivity index (χ2v) is 4.33. The van der Waals surface area contributed by atoms with Crippen molar-refractivity contribution in [2.24, 2.45) is 5.84 Å². The van der Waals surface area contributed by atoms with E-state index in [0.717, 1.165) is 29.9 Å². The van der Waals surface area contributed by atoms with Gasteiger partial charge >= 0.3 is 0 Å². The third-order valence-electron chi connectivity index (χ3n) is 3.05. The Labute approximate surface area is 107 Å². The van der Waals surface area contributed by atoms with Crippen LogP contribution < -0.4 is 11.3 Å². The summed E-state index contributed by atoms with van der Waals surface area (Å²) >= 11 is 0. The standard InChI is InChI=1S/C14H18N4/c1-10-11(2)16-13(17-14(10)18-15)9-8-12-6-4-3-5-7-12/h3-7H,8-9,15H2,1-2H3,(H,16,17,18). The molecule has 3 N–H and O–H groups in total. The quantitative estimate of drug-likeness (QED) is 0.637. The number of nitrogens with one attached hydrogen (secondary N) is 1. The number of hydrogen-bond acceptors (Lipinski definition) is 4. The minimum Gasteiger partial charge on any atom is -0.308 e. The van der Waals surface area contributed by atoms with Crippen molar-refractivity contribution >= 4 is 5.82 Å². The van der Waals surface area contributed by atoms with E-state index in [1.54, 1.807) is 0 Å². The molecule has 0 aliphatic carbocycles. The predicted octanol–water partition coefficient (Wildman–Crippen LogP) is 2.16. The molecule has 0 saturated carbocycles. The maximum absolute atomic E-state index is 5.46. The van der Waals surface area contributed by atoms with Crippen molar-refractivity contribution in [1.29, 1.82) is 0 Å². The van der Waals surface area contributed by atoms with Crippen molar-refractivity contribution in [2.45, 2.75) is 26.7 Å². The number of benzene rings is 1. The van der Waals surface area contributed by atoms with Crippen LogP contribution in [0.5, 0.6) is 0 Å². The predicted molar refractivity (Wildman–Crippen MR) is 73.2 cm³/mol. The number of nitrogens with zero attached hydrogens (tertiary/aromatic N) is 2. The molecule has 2 aromatic rings. The monoisotopic (exact) mass is 242 g/mol. The van der Waals surface area contributed by atoms with Gasteiger partial charge in [0.2, 0.25) is 0 Å². The van der Waals surface area contributed by atoms with Crippen molar-refractivity contribution in [2.75, 3.05) is 5.43 Å². The number of hydrazine groups is 1. The molecule has 0 unspecified atom stereocenters. The molecule has 94 valence electrons. The van der Waals surface area contributed by atoms with Gasteiger partial charge in [-0.05, 0) is 25.8 Å². The van der Waals surface area contributed by atoms with Gasteiger partial charge in [0.1, 0.15) is 11.6 Å². The lowest BCUT2D eigenvalue weighted by Crippen LogP contribution is -2.13. The number of rotatable bonds is 4. The maximum atomic E-state index is 5.46. The molecule has 0 fully saturated rings. The van der Waals surface area contributed by atoms with Gasteiger partial charge in [0.15, 0.2) is 0 Å². The van der Waals surface area contributed by atoms with Gasteiger partial charge in [-0.3, -0.25) is 0 Å². The number of aromatic nitrogens is 2. The van der Waals surface area contributed by atoms with Crippen LogP contribution in [-0.4, -0.2) is 9.97 Å². The lowest BCUT2D eigenvalue weighted by Gasteiger charge is -2.09. The van der Waals surface area contributed by atoms with E-state index in [0.29, 0.717) is 5.82 Å². The third kappa shape index (κ3) is 2.84. The minimum absolute atomic E-state index is 0.713. The largest absolute Gasteiger partial charge is 0.308 e. The molecule has 0 atom stereocenters. The van der Waals surface area contributed by atoms with Gasteiger partial charge in [0.25, 0.3) is 0 Å². The van der Waals surface area contributed by atoms with E-state index in [2.05, 4.69) is 27.5 Å². The van der Waals surface area contributed by atoms with E-state index in [1.807, 2.05) is 32.0 Å². The number of hydrogen-bond donors (Lipinski definition) is 2. The maximum Gasteiger partial charge on any atom is 0.146 e. The molecule has 18 heavy (non-hydrogen) atoms. The molecule has 0 bridgehead atoms. The minimum atomic E-state index is 0.713. The first-order valence-electron chi connectivity index (χ1n) is 6.05. The van der Waals surface area contributed by atoms with Crippen LogP contribution in [0.4, 0.5) is 5.82 Å². The fourth-order valence-electron chi connectivity index (χ4n) is 1.84. The Hall–Kier alpha value is -1.94. The van der Waals surface area contributed by atoms with Crippen LogP contribution in [0.2, 0.25) is 0 Å². The smallest absolute Gasteiger partial charge is 0.146 e. The second-order valence-electron chi connectivity index (χ2n) is 4.33. The Kier molecular flexibility index (Phi) is 3.89. The van der Waals surface area contributed by atoms with Crippen molar-refractivity contribution < 1.29 is 0 Å². The summed E-state index contributed by atoms with van der Waals surface area (Å²) in [5.41, 5.74) is 5.89. The Morgan fingerprint density at radius 1 is 1.06 bits per heavy atom. The topological polar surface area (TPSA) is 63.8 Å². The van der Waals surface area contributed by atoms with Crippen LogP contribution in [0.1, 0.15) is 22.6 Å². The highest BCUT2D eigenvalue weighted by Crippen LogP contribution is 2.14. The molecule has 0 amide bonds. The van der Waals surface area contributed by atoms with Gasteiger partial charge in [0, 0.05) is 17.7 Å². The average Bonchev–Trinajstić information content (AvgIpc) is 2.41. The van der Waals surface area contributed by atoms with Crippen LogP contribution in [0.25, 0.3) is 0 Å². The number of nitrogen functional groups attached to an aromatic ring is 1. The highest BCUT2D eigenvalue weighted by atomic mass is 15.3. The first kappa shape index (κ1) is 12.5. The highest BCUT2D eigenvalue weighted by molar-refractivity contribution is 5.44. The summed E-state index contributed by atoms with van der Waals surface area (Å²) in [4.78, 5) is 8.91. The van der Waals surface area contributed by atoms with E-state index >= 15 is 0 Å². The third-order valence-corrected chi connectivity index (χ3v) is 3.05. The summed E-state index contributed by atoms with van der Waals surface area (Å²) in [6.07, 6.45) is 1.76. The molecule has 0 saturated heterocycles. The van der Waals surface area contributed by atoms with Crippen LogP contribution >= 0.6 is 0 Å². The van der Waals surface area contributed by atoms with Gasteiger partial charge in [-0.25, -0.2) is 15.8 Å². The molecule has 2 rings (SSSR count). The van der Waals surface area contributed by atoms with E-state index in [-0.39, 0.29) is 0 Å². The fourth-order valence-corrected chi connectivity index (χ4v) is 1.84. The molecule has 4 heteroatoms. The summed E-state index contributed by atoms with van der Waals surface area (Å²) in [5, 5.41) is 0. The molecule has 1 aromatic carbocycles. The first-order chi connectivity index (χ1) is 8.70. The Morgan fingerprint density at radius 2 is 1.78 bits per heavy atom. The molecule has 1 heterocycles. The first-order valence-corrected chi connectivity index (χ1v) is 6.05. The molecular weight excluding hydrogens is 224 g/mol. The Morgan fingerprint density at radius 3 is 2.44 bits per heavy atom.